The van der Waals surface area contributed by atoms with E-state index in [1.165, 1.54) is 176 Å². The number of para-hydroxylation sites is 2. The number of oxazole rings is 1. The Labute approximate surface area is 890 Å². The summed E-state index contributed by atoms with van der Waals surface area (Å²) in [7, 11) is 0. The summed E-state index contributed by atoms with van der Waals surface area (Å²) in [6, 6.07) is 101. The quantitative estimate of drug-likeness (QED) is 0.151. The molecule has 0 bridgehead atoms. The maximum absolute atomic E-state index is 5.62. The second-order valence-electron chi connectivity index (χ2n) is 53.3. The first-order valence-electron chi connectivity index (χ1n) is 55.0. The summed E-state index contributed by atoms with van der Waals surface area (Å²) in [5.74, 6) is 1.64. The molecule has 0 saturated carbocycles. The molecule has 0 N–H and O–H groups in total. The van der Waals surface area contributed by atoms with Crippen LogP contribution in [0.2, 0.25) is 0 Å². The van der Waals surface area contributed by atoms with Crippen LogP contribution in [0.1, 0.15) is 365 Å². The molecule has 15 aromatic rings. The Balaban J connectivity index is 0.000000144. The highest BCUT2D eigenvalue weighted by molar-refractivity contribution is 5.84. The minimum Gasteiger partial charge on any atom is -0.464 e. The first-order valence-corrected chi connectivity index (χ1v) is 55.0. The number of aryl methyl sites for hydroxylation is 4. The standard InChI is InChI=1S/C14H20.2C14H16.C13H19N.C13H18.C13H16.C13H18.C12H15N.C12H17N.C12H14O.C11H13NO/c3*1-14(2,3)13-9-8-11-6-4-5-7-12(11)10-13;1-13(2,3)14-9-8-11-6-4-5-7-12(11)10-14;2*1-13(2,3)12-8-7-10-5-4-6-11(10)9-12;1-13(2,3)12-8-10-6-4-5-7-11(10)9-12;1-12(2,3)10-4-5-11-9(8-10)6-7-13-11;1-12(2,3)13-8-10-6-4-5-7-11(10)9-13;1-12(2,3)10-5-4-9-6-7-13-11(9)8-10;1-11(2,3)10-12-8-6-4-5-7-9(8)13-10/h8-10H,4-7H2,1-3H3;2*4-10H,1-3H3;4-7H,8-10H2,1-3H3;7-9H,4-6H2,1-3H3;4-5,7-9H,6H2,1-3H3;4-7,12H,8-9H2,1-3H3;4-5,7-8H,6H2,1-3H3;4-7H,8-9H2,1-3H3;4-8H,1-3H3;4-7H,1-3H3. The second-order valence-corrected chi connectivity index (χ2v) is 53.3. The van der Waals surface area contributed by atoms with E-state index in [1.807, 2.05) is 36.5 Å². The lowest BCUT2D eigenvalue weighted by molar-refractivity contribution is 0.121. The Morgan fingerprint density at radius 1 is 0.272 bits per heavy atom. The molecule has 3 aliphatic heterocycles. The van der Waals surface area contributed by atoms with Gasteiger partial charge in [0.2, 0.25) is 5.89 Å². The Kier molecular flexibility index (Phi) is 37.5. The second kappa shape index (κ2) is 48.1. The van der Waals surface area contributed by atoms with Crippen molar-refractivity contribution in [3.63, 3.8) is 0 Å². The molecule has 22 rings (SSSR count). The number of aliphatic imine (C=N–C) groups is 1. The Bertz CT molecular complexity index is 6540. The van der Waals surface area contributed by atoms with Crippen LogP contribution in [0.15, 0.2) is 305 Å². The van der Waals surface area contributed by atoms with Crippen LogP contribution in [0.25, 0.3) is 49.7 Å². The number of hydrogen-bond acceptors (Lipinski definition) is 6. The van der Waals surface area contributed by atoms with Crippen molar-refractivity contribution in [2.24, 2.45) is 16.3 Å². The van der Waals surface area contributed by atoms with Gasteiger partial charge in [0, 0.05) is 60.7 Å². The zero-order valence-corrected chi connectivity index (χ0v) is 96.9. The summed E-state index contributed by atoms with van der Waals surface area (Å²) in [5.41, 5.74) is 36.5. The molecule has 7 aliphatic rings. The van der Waals surface area contributed by atoms with Crippen molar-refractivity contribution in [2.45, 2.75) is 380 Å². The molecule has 2 aromatic heterocycles. The number of rotatable bonds is 0. The Morgan fingerprint density at radius 2 is 0.639 bits per heavy atom. The fourth-order valence-electron chi connectivity index (χ4n) is 19.5. The molecule has 147 heavy (non-hydrogen) atoms. The summed E-state index contributed by atoms with van der Waals surface area (Å²) >= 11 is 0. The number of fused-ring (bicyclic) bond motifs is 11. The molecule has 13 aromatic carbocycles. The Morgan fingerprint density at radius 3 is 1.11 bits per heavy atom. The van der Waals surface area contributed by atoms with Gasteiger partial charge in [-0.2, -0.15) is 0 Å². The zero-order chi connectivity index (χ0) is 107. The lowest BCUT2D eigenvalue weighted by Crippen LogP contribution is -2.44. The minimum absolute atomic E-state index is 0.0149. The number of hydrogen-bond donors (Lipinski definition) is 0. The van der Waals surface area contributed by atoms with Crippen molar-refractivity contribution >= 4 is 61.6 Å². The average molecular weight is 1970 g/mol. The van der Waals surface area contributed by atoms with Crippen molar-refractivity contribution < 1.29 is 8.83 Å². The van der Waals surface area contributed by atoms with E-state index in [0.29, 0.717) is 27.3 Å². The maximum atomic E-state index is 5.62. The molecule has 0 radical (unpaired) electrons. The Hall–Kier alpha value is -11.3. The molecule has 0 fully saturated rings. The van der Waals surface area contributed by atoms with Crippen LogP contribution in [0, 0.1) is 11.3 Å². The number of nitrogens with zero attached hydrogens (tertiary/aromatic N) is 4. The lowest BCUT2D eigenvalue weighted by Gasteiger charge is -2.39. The van der Waals surface area contributed by atoms with Crippen molar-refractivity contribution in [3.8, 4) is 0 Å². The van der Waals surface area contributed by atoms with Gasteiger partial charge in [-0.3, -0.25) is 14.8 Å². The molecule has 778 valence electrons. The van der Waals surface area contributed by atoms with Crippen LogP contribution < -0.4 is 0 Å². The first kappa shape index (κ1) is 114. The van der Waals surface area contributed by atoms with Crippen LogP contribution in [-0.4, -0.2) is 38.6 Å². The third-order valence-electron chi connectivity index (χ3n) is 29.9. The highest BCUT2D eigenvalue weighted by atomic mass is 16.3. The van der Waals surface area contributed by atoms with Gasteiger partial charge in [-0.05, 0) is 325 Å². The van der Waals surface area contributed by atoms with Gasteiger partial charge in [0.1, 0.15) is 11.1 Å². The fraction of sp³-hybridized carbons (Fsp3) is 0.433. The van der Waals surface area contributed by atoms with Crippen LogP contribution in [0.5, 0.6) is 0 Å². The van der Waals surface area contributed by atoms with Crippen molar-refractivity contribution in [1.82, 2.24) is 14.8 Å². The summed E-state index contributed by atoms with van der Waals surface area (Å²) in [6.45, 7) is 78.9. The van der Waals surface area contributed by atoms with E-state index < -0.39 is 0 Å². The van der Waals surface area contributed by atoms with Crippen molar-refractivity contribution in [1.29, 1.82) is 0 Å². The highest BCUT2D eigenvalue weighted by Gasteiger charge is 2.33. The number of allylic oxidation sites excluding steroid dienone is 1. The van der Waals surface area contributed by atoms with Crippen LogP contribution >= 0.6 is 0 Å². The van der Waals surface area contributed by atoms with Gasteiger partial charge in [-0.15, -0.1) is 0 Å². The lowest BCUT2D eigenvalue weighted by atomic mass is 9.79. The summed E-state index contributed by atoms with van der Waals surface area (Å²) in [6.07, 6.45) is 23.3. The van der Waals surface area contributed by atoms with Gasteiger partial charge >= 0.3 is 0 Å². The largest absolute Gasteiger partial charge is 0.464 e. The van der Waals surface area contributed by atoms with E-state index in [1.54, 1.807) is 39.6 Å². The van der Waals surface area contributed by atoms with Crippen LogP contribution in [-0.2, 0) is 121 Å². The normalized spacial score (nSPS) is 14.8. The molecular weight excluding hydrogens is 1780 g/mol. The minimum atomic E-state index is -0.0149. The summed E-state index contributed by atoms with van der Waals surface area (Å²) in [4.78, 5) is 13.8. The number of benzene rings is 13. The van der Waals surface area contributed by atoms with Gasteiger partial charge in [0.15, 0.2) is 5.58 Å². The van der Waals surface area contributed by atoms with E-state index in [-0.39, 0.29) is 32.5 Å². The molecule has 0 unspecified atom stereocenters. The van der Waals surface area contributed by atoms with E-state index >= 15 is 0 Å². The maximum Gasteiger partial charge on any atom is 0.200 e. The molecule has 0 atom stereocenters. The highest BCUT2D eigenvalue weighted by Crippen LogP contribution is 2.41. The molecule has 4 aliphatic carbocycles. The van der Waals surface area contributed by atoms with Crippen molar-refractivity contribution in [3.05, 3.63) is 409 Å². The van der Waals surface area contributed by atoms with Gasteiger partial charge in [-0.1, -0.05) is 448 Å². The summed E-state index contributed by atoms with van der Waals surface area (Å²) in [5, 5.41) is 6.48. The predicted octanol–water partition coefficient (Wildman–Crippen LogP) is 38.4. The van der Waals surface area contributed by atoms with Crippen LogP contribution in [0.3, 0.4) is 0 Å². The number of aromatic nitrogens is 1. The van der Waals surface area contributed by atoms with Crippen LogP contribution in [0.4, 0.5) is 5.69 Å². The van der Waals surface area contributed by atoms with E-state index in [4.69, 9.17) is 8.83 Å². The van der Waals surface area contributed by atoms with E-state index in [9.17, 15) is 0 Å². The molecule has 6 nitrogen and oxygen atoms in total. The van der Waals surface area contributed by atoms with Gasteiger partial charge < -0.3 is 8.83 Å². The van der Waals surface area contributed by atoms with Gasteiger partial charge in [0.25, 0.3) is 0 Å². The smallest absolute Gasteiger partial charge is 0.200 e. The number of furan rings is 1. The first-order chi connectivity index (χ1) is 68.8. The molecule has 0 saturated heterocycles. The SMILES string of the molecule is CC(C)(C)C1Cc2ccccc2C1.CC(C)(C)N1CCc2ccccc2C1.CC(C)(C)N1Cc2ccccc2C1.CC(C)(C)c1ccc2c(c1)CC=C2.CC(C)(C)c1ccc2c(c1)CC=N2.CC(C)(C)c1ccc2c(c1)CCC2.CC(C)(C)c1ccc2c(c1)CCCC2.CC(C)(C)c1ccc2ccccc2c1.CC(C)(C)c1ccc2ccccc2c1.CC(C)(C)c1ccc2ccoc2c1.CC(C)(C)c1nc2ccccc2o1. The van der Waals surface area contributed by atoms with Gasteiger partial charge in [-0.25, -0.2) is 4.98 Å². The predicted molar refractivity (Wildman–Crippen MR) is 639 cm³/mol. The third kappa shape index (κ3) is 33.1. The zero-order valence-electron chi connectivity index (χ0n) is 96.9. The van der Waals surface area contributed by atoms with E-state index in [2.05, 4.69) is 509 Å². The molecular formula is C141H182N4O2. The third-order valence-corrected chi connectivity index (χ3v) is 29.9. The topological polar surface area (TPSA) is 58.0 Å². The van der Waals surface area contributed by atoms with E-state index in [0.717, 1.165) is 66.7 Å². The summed E-state index contributed by atoms with van der Waals surface area (Å²) < 4.78 is 11.0. The average Bonchev–Trinajstić information content (AvgIpc) is 1.37. The fourth-order valence-corrected chi connectivity index (χ4v) is 19.5. The molecule has 6 heteroatoms. The molecule has 0 spiro atoms. The van der Waals surface area contributed by atoms with Crippen molar-refractivity contribution in [2.75, 3.05) is 6.54 Å². The van der Waals surface area contributed by atoms with Gasteiger partial charge in [0.05, 0.1) is 12.0 Å². The monoisotopic (exact) mass is 1960 g/mol. The molecule has 5 heterocycles. The molecule has 0 amide bonds.